The minimum absolute atomic E-state index is 0.0205. The minimum atomic E-state index is -0.777. The molecule has 0 spiro atoms. The minimum Gasteiger partial charge on any atom is -0.481 e. The first kappa shape index (κ1) is 15.1. The van der Waals surface area contributed by atoms with Crippen molar-refractivity contribution in [1.82, 2.24) is 9.80 Å². The summed E-state index contributed by atoms with van der Waals surface area (Å²) in [6, 6.07) is -0.0205. The summed E-state index contributed by atoms with van der Waals surface area (Å²) in [5.74, 6) is 0.603. The van der Waals surface area contributed by atoms with Crippen LogP contribution in [-0.4, -0.2) is 53.6 Å². The number of nitrogens with zero attached hydrogens (tertiary/aromatic N) is 2. The summed E-state index contributed by atoms with van der Waals surface area (Å²) in [7, 11) is 1.82. The van der Waals surface area contributed by atoms with Gasteiger partial charge in [0, 0.05) is 26.7 Å². The second kappa shape index (κ2) is 5.26. The standard InChI is InChI=1S/C15H26N2O3/c1-10(2)15(13(18)19)5-6-17(9-15)14(20)16(4)8-12-7-11(12)3/h10-12H,5-9H2,1-4H3,(H,18,19). The third-order valence-electron chi connectivity index (χ3n) is 5.21. The van der Waals surface area contributed by atoms with E-state index in [9.17, 15) is 14.7 Å². The van der Waals surface area contributed by atoms with E-state index in [-0.39, 0.29) is 11.9 Å². The third kappa shape index (κ3) is 2.63. The van der Waals surface area contributed by atoms with Crippen LogP contribution < -0.4 is 0 Å². The van der Waals surface area contributed by atoms with Crippen molar-refractivity contribution >= 4 is 12.0 Å². The second-order valence-electron chi connectivity index (χ2n) is 6.92. The summed E-state index contributed by atoms with van der Waals surface area (Å²) in [6.07, 6.45) is 1.75. The van der Waals surface area contributed by atoms with Gasteiger partial charge in [0.05, 0.1) is 5.41 Å². The Morgan fingerprint density at radius 2 is 2.05 bits per heavy atom. The topological polar surface area (TPSA) is 60.9 Å². The number of likely N-dealkylation sites (tertiary alicyclic amines) is 1. The Kier molecular flexibility index (Phi) is 3.98. The molecule has 1 aliphatic carbocycles. The van der Waals surface area contributed by atoms with Crippen molar-refractivity contribution in [3.05, 3.63) is 0 Å². The van der Waals surface area contributed by atoms with Gasteiger partial charge < -0.3 is 14.9 Å². The molecular weight excluding hydrogens is 256 g/mol. The third-order valence-corrected chi connectivity index (χ3v) is 5.21. The number of carbonyl (C=O) groups is 2. The lowest BCUT2D eigenvalue weighted by Gasteiger charge is -2.30. The zero-order chi connectivity index (χ0) is 15.1. The Hall–Kier alpha value is -1.26. The van der Waals surface area contributed by atoms with E-state index in [1.54, 1.807) is 9.80 Å². The molecule has 5 heteroatoms. The quantitative estimate of drug-likeness (QED) is 0.859. The molecular formula is C15H26N2O3. The van der Waals surface area contributed by atoms with E-state index >= 15 is 0 Å². The van der Waals surface area contributed by atoms with Gasteiger partial charge in [-0.1, -0.05) is 20.8 Å². The van der Waals surface area contributed by atoms with Crippen LogP contribution >= 0.6 is 0 Å². The van der Waals surface area contributed by atoms with E-state index in [0.29, 0.717) is 25.4 Å². The zero-order valence-corrected chi connectivity index (χ0v) is 12.9. The number of hydrogen-bond acceptors (Lipinski definition) is 2. The molecule has 0 bridgehead atoms. The number of urea groups is 1. The normalized spacial score (nSPS) is 32.5. The van der Waals surface area contributed by atoms with Crippen molar-refractivity contribution in [3.63, 3.8) is 0 Å². The number of aliphatic carboxylic acids is 1. The van der Waals surface area contributed by atoms with Crippen LogP contribution in [0.5, 0.6) is 0 Å². The van der Waals surface area contributed by atoms with Gasteiger partial charge in [-0.15, -0.1) is 0 Å². The van der Waals surface area contributed by atoms with E-state index in [2.05, 4.69) is 6.92 Å². The van der Waals surface area contributed by atoms with E-state index in [4.69, 9.17) is 0 Å². The molecule has 5 nitrogen and oxygen atoms in total. The van der Waals surface area contributed by atoms with Gasteiger partial charge >= 0.3 is 12.0 Å². The second-order valence-corrected chi connectivity index (χ2v) is 6.92. The van der Waals surface area contributed by atoms with E-state index in [0.717, 1.165) is 12.5 Å². The van der Waals surface area contributed by atoms with Gasteiger partial charge in [-0.2, -0.15) is 0 Å². The van der Waals surface area contributed by atoms with Crippen LogP contribution in [0, 0.1) is 23.2 Å². The van der Waals surface area contributed by atoms with E-state index in [1.807, 2.05) is 20.9 Å². The van der Waals surface area contributed by atoms with Crippen molar-refractivity contribution in [2.24, 2.45) is 23.2 Å². The Morgan fingerprint density at radius 1 is 1.45 bits per heavy atom. The Morgan fingerprint density at radius 3 is 2.45 bits per heavy atom. The maximum Gasteiger partial charge on any atom is 0.319 e. The molecule has 1 saturated carbocycles. The van der Waals surface area contributed by atoms with Crippen LogP contribution in [0.25, 0.3) is 0 Å². The van der Waals surface area contributed by atoms with Gasteiger partial charge in [0.2, 0.25) is 0 Å². The molecule has 2 fully saturated rings. The fourth-order valence-electron chi connectivity index (χ4n) is 3.21. The highest BCUT2D eigenvalue weighted by atomic mass is 16.4. The summed E-state index contributed by atoms with van der Waals surface area (Å²) in [6.45, 7) is 7.73. The van der Waals surface area contributed by atoms with E-state index < -0.39 is 11.4 Å². The highest BCUT2D eigenvalue weighted by Gasteiger charge is 2.49. The molecule has 0 aromatic heterocycles. The molecule has 0 aromatic rings. The lowest BCUT2D eigenvalue weighted by Crippen LogP contribution is -2.44. The SMILES string of the molecule is CC1CC1CN(C)C(=O)N1CCC(C(=O)O)(C(C)C)C1. The average Bonchev–Trinajstić information content (AvgIpc) is 2.91. The summed E-state index contributed by atoms with van der Waals surface area (Å²) in [5.41, 5.74) is -0.774. The Bertz CT molecular complexity index is 410. The molecule has 1 aliphatic heterocycles. The maximum absolute atomic E-state index is 12.4. The average molecular weight is 282 g/mol. The van der Waals surface area contributed by atoms with Gasteiger partial charge in [-0.25, -0.2) is 4.79 Å². The summed E-state index contributed by atoms with van der Waals surface area (Å²) < 4.78 is 0. The van der Waals surface area contributed by atoms with Crippen LogP contribution in [0.4, 0.5) is 4.79 Å². The number of rotatable bonds is 4. The molecule has 3 atom stereocenters. The Balaban J connectivity index is 1.97. The number of carbonyl (C=O) groups excluding carboxylic acids is 1. The highest BCUT2D eigenvalue weighted by Crippen LogP contribution is 2.40. The van der Waals surface area contributed by atoms with Crippen LogP contribution in [0.15, 0.2) is 0 Å². The number of carboxylic acid groups (broad SMARTS) is 1. The fourth-order valence-corrected chi connectivity index (χ4v) is 3.21. The van der Waals surface area contributed by atoms with Gasteiger partial charge in [0.1, 0.15) is 0 Å². The number of hydrogen-bond donors (Lipinski definition) is 1. The van der Waals surface area contributed by atoms with Crippen LogP contribution in [-0.2, 0) is 4.79 Å². The molecule has 2 aliphatic rings. The molecule has 1 saturated heterocycles. The number of carboxylic acids is 1. The molecule has 3 unspecified atom stereocenters. The van der Waals surface area contributed by atoms with Crippen molar-refractivity contribution in [2.75, 3.05) is 26.7 Å². The van der Waals surface area contributed by atoms with Crippen LogP contribution in [0.2, 0.25) is 0 Å². The molecule has 1 N–H and O–H groups in total. The van der Waals surface area contributed by atoms with Crippen molar-refractivity contribution in [2.45, 2.75) is 33.6 Å². The van der Waals surface area contributed by atoms with Gasteiger partial charge in [0.25, 0.3) is 0 Å². The Labute approximate surface area is 120 Å². The molecule has 2 amide bonds. The predicted octanol–water partition coefficient (Wildman–Crippen LogP) is 2.13. The lowest BCUT2D eigenvalue weighted by molar-refractivity contribution is -0.150. The van der Waals surface area contributed by atoms with Crippen molar-refractivity contribution < 1.29 is 14.7 Å². The summed E-state index contributed by atoms with van der Waals surface area (Å²) in [4.78, 5) is 27.5. The molecule has 0 radical (unpaired) electrons. The lowest BCUT2D eigenvalue weighted by atomic mass is 9.76. The first-order valence-electron chi connectivity index (χ1n) is 7.51. The first-order chi connectivity index (χ1) is 9.28. The fraction of sp³-hybridized carbons (Fsp3) is 0.867. The largest absolute Gasteiger partial charge is 0.481 e. The molecule has 114 valence electrons. The van der Waals surface area contributed by atoms with E-state index in [1.165, 1.54) is 6.42 Å². The van der Waals surface area contributed by atoms with Gasteiger partial charge in [0.15, 0.2) is 0 Å². The number of amides is 2. The van der Waals surface area contributed by atoms with Gasteiger partial charge in [-0.05, 0) is 30.6 Å². The smallest absolute Gasteiger partial charge is 0.319 e. The van der Waals surface area contributed by atoms with Crippen molar-refractivity contribution in [3.8, 4) is 0 Å². The summed E-state index contributed by atoms with van der Waals surface area (Å²) >= 11 is 0. The van der Waals surface area contributed by atoms with Crippen LogP contribution in [0.3, 0.4) is 0 Å². The maximum atomic E-state index is 12.4. The van der Waals surface area contributed by atoms with Crippen LogP contribution in [0.1, 0.15) is 33.6 Å². The zero-order valence-electron chi connectivity index (χ0n) is 12.9. The first-order valence-corrected chi connectivity index (χ1v) is 7.51. The monoisotopic (exact) mass is 282 g/mol. The molecule has 1 heterocycles. The summed E-state index contributed by atoms with van der Waals surface area (Å²) in [5, 5.41) is 9.51. The predicted molar refractivity (Wildman–Crippen MR) is 76.4 cm³/mol. The molecule has 20 heavy (non-hydrogen) atoms. The molecule has 2 rings (SSSR count). The van der Waals surface area contributed by atoms with Gasteiger partial charge in [-0.3, -0.25) is 4.79 Å². The molecule has 0 aromatic carbocycles. The highest BCUT2D eigenvalue weighted by molar-refractivity contribution is 5.80. The van der Waals surface area contributed by atoms with Crippen molar-refractivity contribution in [1.29, 1.82) is 0 Å².